The molecule has 2 aromatic heterocycles. The zero-order valence-electron chi connectivity index (χ0n) is 14.4. The third-order valence-electron chi connectivity index (χ3n) is 4.13. The third kappa shape index (κ3) is 3.59. The number of amides is 2. The van der Waals surface area contributed by atoms with Crippen LogP contribution in [0.25, 0.3) is 5.95 Å². The van der Waals surface area contributed by atoms with Crippen LogP contribution in [0.2, 0.25) is 0 Å². The average Bonchev–Trinajstić information content (AvgIpc) is 2.92. The number of aromatic amines is 1. The minimum Gasteiger partial charge on any atom is -0.347 e. The van der Waals surface area contributed by atoms with E-state index in [4.69, 9.17) is 0 Å². The predicted octanol–water partition coefficient (Wildman–Crippen LogP) is -0.0770. The van der Waals surface area contributed by atoms with Crippen LogP contribution in [0, 0.1) is 13.8 Å². The van der Waals surface area contributed by atoms with Crippen LogP contribution in [0.3, 0.4) is 0 Å². The Balaban J connectivity index is 1.79. The number of rotatable bonds is 3. The molecule has 0 radical (unpaired) electrons. The highest BCUT2D eigenvalue weighted by Gasteiger charge is 2.25. The molecule has 132 valence electrons. The van der Waals surface area contributed by atoms with Crippen molar-refractivity contribution in [1.29, 1.82) is 0 Å². The van der Waals surface area contributed by atoms with Gasteiger partial charge in [-0.1, -0.05) is 0 Å². The fourth-order valence-corrected chi connectivity index (χ4v) is 2.80. The van der Waals surface area contributed by atoms with Gasteiger partial charge in [0.15, 0.2) is 0 Å². The molecule has 9 nitrogen and oxygen atoms in total. The summed E-state index contributed by atoms with van der Waals surface area (Å²) < 4.78 is 1.13. The van der Waals surface area contributed by atoms with E-state index in [0.717, 1.165) is 16.1 Å². The maximum atomic E-state index is 12.4. The summed E-state index contributed by atoms with van der Waals surface area (Å²) in [4.78, 5) is 46.3. The van der Waals surface area contributed by atoms with Gasteiger partial charge in [0.2, 0.25) is 5.91 Å². The van der Waals surface area contributed by atoms with Gasteiger partial charge < -0.3 is 10.2 Å². The largest absolute Gasteiger partial charge is 0.347 e. The van der Waals surface area contributed by atoms with Gasteiger partial charge >= 0.3 is 0 Å². The van der Waals surface area contributed by atoms with Crippen LogP contribution in [0.5, 0.6) is 0 Å². The number of piperidine rings is 1. The average molecular weight is 344 g/mol. The normalized spacial score (nSPS) is 17.6. The zero-order valence-corrected chi connectivity index (χ0v) is 14.4. The Morgan fingerprint density at radius 3 is 2.56 bits per heavy atom. The van der Waals surface area contributed by atoms with Crippen LogP contribution in [-0.2, 0) is 4.79 Å². The molecule has 1 atom stereocenters. The minimum absolute atomic E-state index is 0.00810. The van der Waals surface area contributed by atoms with Crippen molar-refractivity contribution in [3.8, 4) is 5.95 Å². The molecule has 25 heavy (non-hydrogen) atoms. The summed E-state index contributed by atoms with van der Waals surface area (Å²) in [6.07, 6.45) is 0.937. The number of aromatic nitrogens is 4. The van der Waals surface area contributed by atoms with E-state index in [1.165, 1.54) is 6.07 Å². The highest BCUT2D eigenvalue weighted by Crippen LogP contribution is 2.10. The van der Waals surface area contributed by atoms with Gasteiger partial charge in [-0.15, -0.1) is 0 Å². The molecule has 1 saturated heterocycles. The van der Waals surface area contributed by atoms with E-state index in [0.29, 0.717) is 13.0 Å². The minimum atomic E-state index is -0.428. The summed E-state index contributed by atoms with van der Waals surface area (Å²) in [5.74, 6) is -0.246. The van der Waals surface area contributed by atoms with Crippen molar-refractivity contribution >= 4 is 11.8 Å². The standard InChI is InChI=1S/C16H20N6O3/c1-9-6-10(2)18-16(17-9)22-14(24)8-12(20-22)15(25)19-11-4-5-21(3)13(23)7-11/h6,8,11,20H,4-5,7H2,1-3H3,(H,19,25). The SMILES string of the molecule is Cc1cc(C)nc(-n2[nH]c(C(=O)NC3CCN(C)C(=O)C3)cc2=O)n1. The van der Waals surface area contributed by atoms with Crippen LogP contribution >= 0.6 is 0 Å². The lowest BCUT2D eigenvalue weighted by molar-refractivity contribution is -0.132. The summed E-state index contributed by atoms with van der Waals surface area (Å²) in [6, 6.07) is 2.76. The molecule has 0 bridgehead atoms. The molecule has 1 unspecified atom stereocenters. The Morgan fingerprint density at radius 2 is 1.92 bits per heavy atom. The van der Waals surface area contributed by atoms with Crippen molar-refractivity contribution in [3.63, 3.8) is 0 Å². The number of hydrogen-bond donors (Lipinski definition) is 2. The quantitative estimate of drug-likeness (QED) is 0.809. The van der Waals surface area contributed by atoms with Crippen LogP contribution in [0.15, 0.2) is 16.9 Å². The Labute approximate surface area is 144 Å². The Bertz CT molecular complexity index is 864. The van der Waals surface area contributed by atoms with Crippen LogP contribution in [-0.4, -0.2) is 56.1 Å². The maximum Gasteiger partial charge on any atom is 0.274 e. The smallest absolute Gasteiger partial charge is 0.274 e. The Hall–Kier alpha value is -2.97. The van der Waals surface area contributed by atoms with Crippen LogP contribution < -0.4 is 10.9 Å². The molecular formula is C16H20N6O3. The van der Waals surface area contributed by atoms with E-state index in [1.54, 1.807) is 31.9 Å². The Morgan fingerprint density at radius 1 is 1.24 bits per heavy atom. The maximum absolute atomic E-state index is 12.4. The molecule has 0 spiro atoms. The van der Waals surface area contributed by atoms with E-state index < -0.39 is 11.5 Å². The van der Waals surface area contributed by atoms with Gasteiger partial charge in [-0.05, 0) is 26.3 Å². The lowest BCUT2D eigenvalue weighted by atomic mass is 10.0. The molecule has 0 aliphatic carbocycles. The first kappa shape index (κ1) is 16.9. The first-order valence-electron chi connectivity index (χ1n) is 8.03. The van der Waals surface area contributed by atoms with Gasteiger partial charge in [-0.25, -0.2) is 9.97 Å². The topological polar surface area (TPSA) is 113 Å². The highest BCUT2D eigenvalue weighted by molar-refractivity contribution is 5.92. The second-order valence-corrected chi connectivity index (χ2v) is 6.27. The highest BCUT2D eigenvalue weighted by atomic mass is 16.2. The number of hydrogen-bond acceptors (Lipinski definition) is 5. The van der Waals surface area contributed by atoms with Gasteiger partial charge in [0.05, 0.1) is 0 Å². The number of nitrogens with one attached hydrogen (secondary N) is 2. The van der Waals surface area contributed by atoms with Crippen molar-refractivity contribution in [3.05, 3.63) is 39.6 Å². The van der Waals surface area contributed by atoms with E-state index in [9.17, 15) is 14.4 Å². The molecule has 2 aromatic rings. The number of carbonyl (C=O) groups is 2. The van der Waals surface area contributed by atoms with Gasteiger partial charge in [0, 0.05) is 43.5 Å². The molecule has 0 saturated carbocycles. The monoisotopic (exact) mass is 344 g/mol. The summed E-state index contributed by atoms with van der Waals surface area (Å²) in [6.45, 7) is 4.20. The second-order valence-electron chi connectivity index (χ2n) is 6.27. The zero-order chi connectivity index (χ0) is 18.1. The summed E-state index contributed by atoms with van der Waals surface area (Å²) in [5, 5.41) is 5.52. The van der Waals surface area contributed by atoms with Gasteiger partial charge in [-0.2, -0.15) is 4.68 Å². The molecule has 1 aliphatic heterocycles. The summed E-state index contributed by atoms with van der Waals surface area (Å²) >= 11 is 0. The van der Waals surface area contributed by atoms with Crippen LogP contribution in [0.1, 0.15) is 34.7 Å². The van der Waals surface area contributed by atoms with E-state index in [1.807, 2.05) is 0 Å². The lowest BCUT2D eigenvalue weighted by Crippen LogP contribution is -2.46. The van der Waals surface area contributed by atoms with E-state index >= 15 is 0 Å². The molecule has 1 fully saturated rings. The summed E-state index contributed by atoms with van der Waals surface area (Å²) in [7, 11) is 1.74. The molecule has 9 heteroatoms. The van der Waals surface area contributed by atoms with Gasteiger partial charge in [-0.3, -0.25) is 19.5 Å². The van der Waals surface area contributed by atoms with Crippen molar-refractivity contribution in [2.45, 2.75) is 32.7 Å². The fraction of sp³-hybridized carbons (Fsp3) is 0.438. The number of carbonyl (C=O) groups excluding carboxylic acids is 2. The summed E-state index contributed by atoms with van der Waals surface area (Å²) in [5.41, 5.74) is 1.13. The molecule has 3 heterocycles. The van der Waals surface area contributed by atoms with Crippen molar-refractivity contribution in [2.24, 2.45) is 0 Å². The fourth-order valence-electron chi connectivity index (χ4n) is 2.80. The lowest BCUT2D eigenvalue weighted by Gasteiger charge is -2.29. The van der Waals surface area contributed by atoms with Gasteiger partial charge in [0.25, 0.3) is 17.4 Å². The van der Waals surface area contributed by atoms with Crippen LogP contribution in [0.4, 0.5) is 0 Å². The molecule has 1 aliphatic rings. The van der Waals surface area contributed by atoms with E-state index in [2.05, 4.69) is 20.4 Å². The number of H-pyrrole nitrogens is 1. The van der Waals surface area contributed by atoms with Crippen molar-refractivity contribution in [1.82, 2.24) is 30.0 Å². The molecular weight excluding hydrogens is 324 g/mol. The molecule has 2 amide bonds. The molecule has 0 aromatic carbocycles. The Kier molecular flexibility index (Phi) is 4.39. The van der Waals surface area contributed by atoms with Crippen molar-refractivity contribution < 1.29 is 9.59 Å². The number of aryl methyl sites for hydroxylation is 2. The number of likely N-dealkylation sites (tertiary alicyclic amines) is 1. The van der Waals surface area contributed by atoms with Gasteiger partial charge in [0.1, 0.15) is 5.69 Å². The predicted molar refractivity (Wildman–Crippen MR) is 89.6 cm³/mol. The molecule has 2 N–H and O–H groups in total. The number of nitrogens with zero attached hydrogens (tertiary/aromatic N) is 4. The molecule has 3 rings (SSSR count). The second kappa shape index (κ2) is 6.50. The first-order chi connectivity index (χ1) is 11.8. The van der Waals surface area contributed by atoms with Crippen molar-refractivity contribution in [2.75, 3.05) is 13.6 Å². The third-order valence-corrected chi connectivity index (χ3v) is 4.13. The van der Waals surface area contributed by atoms with E-state index in [-0.39, 0.29) is 30.0 Å². The first-order valence-corrected chi connectivity index (χ1v) is 8.03.